The zero-order chi connectivity index (χ0) is 14.4. The molecule has 0 bridgehead atoms. The number of amides is 1. The minimum Gasteiger partial charge on any atom is -0.344 e. The lowest BCUT2D eigenvalue weighted by molar-refractivity contribution is 0.0940. The van der Waals surface area contributed by atoms with Gasteiger partial charge in [0.25, 0.3) is 5.91 Å². The summed E-state index contributed by atoms with van der Waals surface area (Å²) in [6.07, 6.45) is 0.863. The molecule has 0 aliphatic carbocycles. The maximum Gasteiger partial charge on any atom is 0.263 e. The first-order valence-corrected chi connectivity index (χ1v) is 8.12. The summed E-state index contributed by atoms with van der Waals surface area (Å²) in [5, 5.41) is 6.97. The molecule has 1 atom stereocenters. The molecule has 0 aliphatic heterocycles. The third-order valence-corrected chi connectivity index (χ3v) is 4.70. The first kappa shape index (κ1) is 14.8. The van der Waals surface area contributed by atoms with E-state index >= 15 is 0 Å². The van der Waals surface area contributed by atoms with E-state index in [2.05, 4.69) is 24.1 Å². The highest BCUT2D eigenvalue weighted by molar-refractivity contribution is 7.12. The molecule has 5 heteroatoms. The number of carbonyl (C=O) groups excluding carboxylic acids is 1. The predicted molar refractivity (Wildman–Crippen MR) is 85.1 cm³/mol. The van der Waals surface area contributed by atoms with Crippen molar-refractivity contribution in [3.05, 3.63) is 44.3 Å². The summed E-state index contributed by atoms with van der Waals surface area (Å²) in [6, 6.07) is 5.95. The minimum absolute atomic E-state index is 0.0555. The van der Waals surface area contributed by atoms with Gasteiger partial charge in [-0.1, -0.05) is 24.8 Å². The lowest BCUT2D eigenvalue weighted by atomic mass is 10.1. The number of thiophene rings is 2. The predicted octanol–water partition coefficient (Wildman–Crippen LogP) is 3.00. The van der Waals surface area contributed by atoms with E-state index in [-0.39, 0.29) is 11.9 Å². The van der Waals surface area contributed by atoms with E-state index in [9.17, 15) is 4.79 Å². The van der Waals surface area contributed by atoms with Crippen molar-refractivity contribution < 1.29 is 4.79 Å². The van der Waals surface area contributed by atoms with Crippen LogP contribution >= 0.6 is 22.7 Å². The lowest BCUT2D eigenvalue weighted by Gasteiger charge is -2.15. The van der Waals surface area contributed by atoms with Gasteiger partial charge >= 0.3 is 0 Å². The highest BCUT2D eigenvalue weighted by Crippen LogP contribution is 2.23. The number of rotatable bonds is 4. The van der Waals surface area contributed by atoms with Gasteiger partial charge in [0.1, 0.15) is 4.88 Å². The van der Waals surface area contributed by atoms with Crippen molar-refractivity contribution in [2.24, 2.45) is 5.73 Å². The standard InChI is InChI=1S/C15H16N2OS2/c1-2-12(13-6-4-9-19-13)17-15(18)14-11(5-3-8-16)7-10-20-14/h4,6-7,9-10,12H,2,8,16H2,1H3,(H,17,18). The average Bonchev–Trinajstić information content (AvgIpc) is 3.13. The average molecular weight is 304 g/mol. The van der Waals surface area contributed by atoms with Crippen LogP contribution in [0.2, 0.25) is 0 Å². The Morgan fingerprint density at radius 1 is 1.40 bits per heavy atom. The monoisotopic (exact) mass is 304 g/mol. The Kier molecular flexibility index (Phi) is 5.36. The summed E-state index contributed by atoms with van der Waals surface area (Å²) >= 11 is 3.06. The first-order valence-electron chi connectivity index (χ1n) is 6.37. The van der Waals surface area contributed by atoms with Crippen molar-refractivity contribution in [3.63, 3.8) is 0 Å². The van der Waals surface area contributed by atoms with Crippen molar-refractivity contribution in [1.82, 2.24) is 5.32 Å². The number of nitrogens with two attached hydrogens (primary N) is 1. The molecule has 0 radical (unpaired) electrons. The molecule has 2 aromatic rings. The quantitative estimate of drug-likeness (QED) is 0.853. The summed E-state index contributed by atoms with van der Waals surface area (Å²) in [6.45, 7) is 2.36. The molecular formula is C15H16N2OS2. The van der Waals surface area contributed by atoms with Gasteiger partial charge in [0, 0.05) is 10.4 Å². The second-order valence-corrected chi connectivity index (χ2v) is 6.01. The SMILES string of the molecule is CCC(NC(=O)c1sccc1C#CCN)c1cccs1. The van der Waals surface area contributed by atoms with Crippen LogP contribution in [0.3, 0.4) is 0 Å². The largest absolute Gasteiger partial charge is 0.344 e. The zero-order valence-electron chi connectivity index (χ0n) is 11.2. The third kappa shape index (κ3) is 3.48. The molecule has 1 amide bonds. The van der Waals surface area contributed by atoms with Crippen molar-refractivity contribution in [1.29, 1.82) is 0 Å². The van der Waals surface area contributed by atoms with E-state index in [4.69, 9.17) is 5.73 Å². The summed E-state index contributed by atoms with van der Waals surface area (Å²) in [7, 11) is 0. The van der Waals surface area contributed by atoms with Gasteiger partial charge in [-0.2, -0.15) is 0 Å². The topological polar surface area (TPSA) is 55.1 Å². The van der Waals surface area contributed by atoms with Gasteiger partial charge in [-0.3, -0.25) is 4.79 Å². The van der Waals surface area contributed by atoms with Crippen LogP contribution in [-0.2, 0) is 0 Å². The van der Waals surface area contributed by atoms with Crippen molar-refractivity contribution in [3.8, 4) is 11.8 Å². The van der Waals surface area contributed by atoms with Gasteiger partial charge < -0.3 is 11.1 Å². The molecule has 2 heterocycles. The Hall–Kier alpha value is -1.61. The van der Waals surface area contributed by atoms with E-state index in [1.54, 1.807) is 11.3 Å². The molecule has 0 spiro atoms. The molecule has 3 N–H and O–H groups in total. The Morgan fingerprint density at radius 3 is 2.90 bits per heavy atom. The molecule has 0 aromatic carbocycles. The summed E-state index contributed by atoms with van der Waals surface area (Å²) in [4.78, 5) is 14.2. The summed E-state index contributed by atoms with van der Waals surface area (Å²) < 4.78 is 0. The second kappa shape index (κ2) is 7.25. The molecule has 0 saturated carbocycles. The normalized spacial score (nSPS) is 11.5. The van der Waals surface area contributed by atoms with Gasteiger partial charge in [0.2, 0.25) is 0 Å². The van der Waals surface area contributed by atoms with E-state index in [0.717, 1.165) is 12.0 Å². The summed E-state index contributed by atoms with van der Waals surface area (Å²) in [5.41, 5.74) is 6.12. The number of nitrogens with one attached hydrogen (secondary N) is 1. The smallest absolute Gasteiger partial charge is 0.263 e. The molecule has 2 aromatic heterocycles. The van der Waals surface area contributed by atoms with Crippen LogP contribution in [0.1, 0.15) is 39.5 Å². The summed E-state index contributed by atoms with van der Waals surface area (Å²) in [5.74, 6) is 5.66. The number of hydrogen-bond acceptors (Lipinski definition) is 4. The molecule has 2 rings (SSSR count). The van der Waals surface area contributed by atoms with Gasteiger partial charge in [-0.25, -0.2) is 0 Å². The van der Waals surface area contributed by atoms with Crippen LogP contribution in [-0.4, -0.2) is 12.5 Å². The van der Waals surface area contributed by atoms with E-state index < -0.39 is 0 Å². The third-order valence-electron chi connectivity index (χ3n) is 2.80. The van der Waals surface area contributed by atoms with E-state index in [1.165, 1.54) is 16.2 Å². The van der Waals surface area contributed by atoms with Crippen molar-refractivity contribution >= 4 is 28.6 Å². The second-order valence-electron chi connectivity index (χ2n) is 4.12. The van der Waals surface area contributed by atoms with Gasteiger partial charge in [-0.05, 0) is 29.3 Å². The van der Waals surface area contributed by atoms with Crippen LogP contribution < -0.4 is 11.1 Å². The first-order chi connectivity index (χ1) is 9.76. The Labute approximate surface area is 126 Å². The maximum absolute atomic E-state index is 12.4. The molecular weight excluding hydrogens is 288 g/mol. The molecule has 0 aliphatic rings. The molecule has 20 heavy (non-hydrogen) atoms. The molecule has 3 nitrogen and oxygen atoms in total. The van der Waals surface area contributed by atoms with E-state index in [0.29, 0.717) is 11.4 Å². The fourth-order valence-corrected chi connectivity index (χ4v) is 3.43. The number of carbonyl (C=O) groups is 1. The maximum atomic E-state index is 12.4. The Morgan fingerprint density at radius 2 is 2.25 bits per heavy atom. The van der Waals surface area contributed by atoms with Crippen LogP contribution in [0.25, 0.3) is 0 Å². The van der Waals surface area contributed by atoms with Crippen LogP contribution in [0.15, 0.2) is 29.0 Å². The van der Waals surface area contributed by atoms with Crippen LogP contribution in [0.4, 0.5) is 0 Å². The number of hydrogen-bond donors (Lipinski definition) is 2. The van der Waals surface area contributed by atoms with E-state index in [1.807, 2.05) is 29.0 Å². The van der Waals surface area contributed by atoms with Gasteiger partial charge in [-0.15, -0.1) is 22.7 Å². The molecule has 1 unspecified atom stereocenters. The highest BCUT2D eigenvalue weighted by atomic mass is 32.1. The fraction of sp³-hybridized carbons (Fsp3) is 0.267. The van der Waals surface area contributed by atoms with Gasteiger partial charge in [0.05, 0.1) is 12.6 Å². The molecule has 0 fully saturated rings. The molecule has 104 valence electrons. The highest BCUT2D eigenvalue weighted by Gasteiger charge is 2.17. The lowest BCUT2D eigenvalue weighted by Crippen LogP contribution is -2.27. The van der Waals surface area contributed by atoms with Crippen LogP contribution in [0, 0.1) is 11.8 Å². The van der Waals surface area contributed by atoms with Gasteiger partial charge in [0.15, 0.2) is 0 Å². The Bertz CT molecular complexity index is 620. The fourth-order valence-electron chi connectivity index (χ4n) is 1.82. The Balaban J connectivity index is 2.14. The van der Waals surface area contributed by atoms with Crippen molar-refractivity contribution in [2.75, 3.05) is 6.54 Å². The molecule has 0 saturated heterocycles. The van der Waals surface area contributed by atoms with Crippen LogP contribution in [0.5, 0.6) is 0 Å². The minimum atomic E-state index is -0.0680. The van der Waals surface area contributed by atoms with Crippen molar-refractivity contribution in [2.45, 2.75) is 19.4 Å². The zero-order valence-corrected chi connectivity index (χ0v) is 12.8.